The van der Waals surface area contributed by atoms with Crippen molar-refractivity contribution in [3.8, 4) is 22.7 Å². The highest BCUT2D eigenvalue weighted by Crippen LogP contribution is 2.24. The van der Waals surface area contributed by atoms with Crippen LogP contribution in [0.2, 0.25) is 0 Å². The Morgan fingerprint density at radius 3 is 2.50 bits per heavy atom. The third-order valence-corrected chi connectivity index (χ3v) is 3.70. The summed E-state index contributed by atoms with van der Waals surface area (Å²) < 4.78 is 1.95. The van der Waals surface area contributed by atoms with Gasteiger partial charge < -0.3 is 15.0 Å². The van der Waals surface area contributed by atoms with Crippen LogP contribution in [-0.4, -0.2) is 24.9 Å². The van der Waals surface area contributed by atoms with E-state index in [4.69, 9.17) is 0 Å². The molecule has 0 amide bonds. The molecule has 0 atom stereocenters. The first-order valence-electron chi connectivity index (χ1n) is 7.48. The standard InChI is InChI=1S/C18H15N5O/c24-16-7-3-14(4-8-16)20-18-11-17(21-22-18)13-1-5-15(6-2-13)23-10-9-19-12-23/h1-12,24H,(H2,20,21,22). The number of nitrogens with zero attached hydrogens (tertiary/aromatic N) is 3. The zero-order chi connectivity index (χ0) is 16.4. The van der Waals surface area contributed by atoms with E-state index in [1.165, 1.54) is 0 Å². The molecule has 0 saturated carbocycles. The number of aromatic nitrogens is 4. The maximum absolute atomic E-state index is 9.31. The van der Waals surface area contributed by atoms with E-state index in [-0.39, 0.29) is 5.75 Å². The lowest BCUT2D eigenvalue weighted by Crippen LogP contribution is -1.89. The van der Waals surface area contributed by atoms with E-state index in [0.717, 1.165) is 28.5 Å². The number of H-pyrrole nitrogens is 1. The van der Waals surface area contributed by atoms with Crippen molar-refractivity contribution in [2.24, 2.45) is 0 Å². The molecule has 0 spiro atoms. The number of hydrogen-bond donors (Lipinski definition) is 3. The van der Waals surface area contributed by atoms with E-state index in [0.29, 0.717) is 0 Å². The van der Waals surface area contributed by atoms with Crippen molar-refractivity contribution in [1.29, 1.82) is 0 Å². The lowest BCUT2D eigenvalue weighted by atomic mass is 10.1. The fourth-order valence-corrected chi connectivity index (χ4v) is 2.45. The van der Waals surface area contributed by atoms with Gasteiger partial charge in [0.15, 0.2) is 5.82 Å². The normalized spacial score (nSPS) is 10.7. The summed E-state index contributed by atoms with van der Waals surface area (Å²) in [6.45, 7) is 0. The minimum atomic E-state index is 0.237. The number of aromatic amines is 1. The molecule has 6 nitrogen and oxygen atoms in total. The van der Waals surface area contributed by atoms with Gasteiger partial charge in [0.1, 0.15) is 5.75 Å². The number of anilines is 2. The Kier molecular flexibility index (Phi) is 3.47. The lowest BCUT2D eigenvalue weighted by molar-refractivity contribution is 0.475. The van der Waals surface area contributed by atoms with Crippen molar-refractivity contribution in [2.75, 3.05) is 5.32 Å². The SMILES string of the molecule is Oc1ccc(Nc2cc(-c3ccc(-n4ccnc4)cc3)[nH]n2)cc1. The summed E-state index contributed by atoms with van der Waals surface area (Å²) in [5.74, 6) is 0.954. The molecule has 2 aromatic heterocycles. The van der Waals surface area contributed by atoms with Crippen LogP contribution >= 0.6 is 0 Å². The summed E-state index contributed by atoms with van der Waals surface area (Å²) in [7, 11) is 0. The molecule has 0 bridgehead atoms. The molecule has 0 unspecified atom stereocenters. The largest absolute Gasteiger partial charge is 0.508 e. The first-order chi connectivity index (χ1) is 11.8. The highest BCUT2D eigenvalue weighted by atomic mass is 16.3. The highest BCUT2D eigenvalue weighted by molar-refractivity contribution is 5.66. The minimum Gasteiger partial charge on any atom is -0.508 e. The molecule has 2 aromatic carbocycles. The van der Waals surface area contributed by atoms with Crippen LogP contribution in [-0.2, 0) is 0 Å². The van der Waals surface area contributed by atoms with Crippen LogP contribution in [0.5, 0.6) is 5.75 Å². The third kappa shape index (κ3) is 2.85. The quantitative estimate of drug-likeness (QED) is 0.501. The predicted molar refractivity (Wildman–Crippen MR) is 92.5 cm³/mol. The van der Waals surface area contributed by atoms with Crippen LogP contribution in [0.3, 0.4) is 0 Å². The van der Waals surface area contributed by atoms with Crippen molar-refractivity contribution >= 4 is 11.5 Å². The molecule has 3 N–H and O–H groups in total. The smallest absolute Gasteiger partial charge is 0.152 e. The molecule has 2 heterocycles. The number of rotatable bonds is 4. The van der Waals surface area contributed by atoms with Gasteiger partial charge in [-0.25, -0.2) is 4.98 Å². The molecule has 0 aliphatic rings. The summed E-state index contributed by atoms with van der Waals surface area (Å²) in [5.41, 5.74) is 3.89. The molecule has 0 radical (unpaired) electrons. The van der Waals surface area contributed by atoms with Crippen LogP contribution in [0.15, 0.2) is 73.3 Å². The number of aromatic hydroxyl groups is 1. The zero-order valence-electron chi connectivity index (χ0n) is 12.7. The Morgan fingerprint density at radius 2 is 1.79 bits per heavy atom. The van der Waals surface area contributed by atoms with Gasteiger partial charge in [0.05, 0.1) is 12.0 Å². The van der Waals surface area contributed by atoms with Crippen LogP contribution < -0.4 is 5.32 Å². The van der Waals surface area contributed by atoms with Crippen molar-refractivity contribution in [3.63, 3.8) is 0 Å². The van der Waals surface area contributed by atoms with Crippen molar-refractivity contribution < 1.29 is 5.11 Å². The molecule has 0 aliphatic heterocycles. The van der Waals surface area contributed by atoms with Gasteiger partial charge in [-0.05, 0) is 42.0 Å². The maximum atomic E-state index is 9.31. The Hall–Kier alpha value is -3.54. The number of benzene rings is 2. The first-order valence-corrected chi connectivity index (χ1v) is 7.48. The second-order valence-electron chi connectivity index (χ2n) is 5.36. The number of phenols is 1. The lowest BCUT2D eigenvalue weighted by Gasteiger charge is -2.03. The summed E-state index contributed by atoms with van der Waals surface area (Å²) in [6.07, 6.45) is 5.43. The molecular weight excluding hydrogens is 302 g/mol. The monoisotopic (exact) mass is 317 g/mol. The molecule has 0 saturated heterocycles. The van der Waals surface area contributed by atoms with Gasteiger partial charge in [-0.1, -0.05) is 12.1 Å². The first kappa shape index (κ1) is 14.1. The summed E-state index contributed by atoms with van der Waals surface area (Å²) in [6, 6.07) is 16.9. The van der Waals surface area contributed by atoms with Gasteiger partial charge in [0.2, 0.25) is 0 Å². The molecule has 4 rings (SSSR count). The molecule has 0 fully saturated rings. The minimum absolute atomic E-state index is 0.237. The number of hydrogen-bond acceptors (Lipinski definition) is 4. The second-order valence-corrected chi connectivity index (χ2v) is 5.36. The van der Waals surface area contributed by atoms with Gasteiger partial charge in [0.25, 0.3) is 0 Å². The Balaban J connectivity index is 1.53. The zero-order valence-corrected chi connectivity index (χ0v) is 12.7. The molecule has 4 aromatic rings. The average molecular weight is 317 g/mol. The number of imidazole rings is 1. The number of phenolic OH excluding ortho intramolecular Hbond substituents is 1. The third-order valence-electron chi connectivity index (χ3n) is 3.70. The molecule has 6 heteroatoms. The van der Waals surface area contributed by atoms with Crippen molar-refractivity contribution in [1.82, 2.24) is 19.7 Å². The van der Waals surface area contributed by atoms with Crippen molar-refractivity contribution in [3.05, 3.63) is 73.3 Å². The summed E-state index contributed by atoms with van der Waals surface area (Å²) >= 11 is 0. The van der Waals surface area contributed by atoms with Crippen LogP contribution in [0.25, 0.3) is 16.9 Å². The molecular formula is C18H15N5O. The van der Waals surface area contributed by atoms with Gasteiger partial charge in [-0.2, -0.15) is 5.10 Å². The summed E-state index contributed by atoms with van der Waals surface area (Å²) in [5, 5.41) is 19.8. The molecule has 24 heavy (non-hydrogen) atoms. The molecule has 0 aliphatic carbocycles. The van der Waals surface area contributed by atoms with E-state index in [2.05, 4.69) is 20.5 Å². The van der Waals surface area contributed by atoms with Crippen LogP contribution in [0.1, 0.15) is 0 Å². The fraction of sp³-hybridized carbons (Fsp3) is 0. The van der Waals surface area contributed by atoms with Gasteiger partial charge in [0, 0.05) is 29.8 Å². The Morgan fingerprint density at radius 1 is 1.00 bits per heavy atom. The van der Waals surface area contributed by atoms with Gasteiger partial charge in [-0.3, -0.25) is 5.10 Å². The topological polar surface area (TPSA) is 78.8 Å². The van der Waals surface area contributed by atoms with E-state index in [1.54, 1.807) is 36.8 Å². The van der Waals surface area contributed by atoms with Gasteiger partial charge in [-0.15, -0.1) is 0 Å². The summed E-state index contributed by atoms with van der Waals surface area (Å²) in [4.78, 5) is 4.05. The Bertz CT molecular complexity index is 924. The predicted octanol–water partition coefficient (Wildman–Crippen LogP) is 3.71. The molecule has 118 valence electrons. The van der Waals surface area contributed by atoms with E-state index in [1.807, 2.05) is 41.1 Å². The van der Waals surface area contributed by atoms with E-state index < -0.39 is 0 Å². The van der Waals surface area contributed by atoms with Crippen LogP contribution in [0, 0.1) is 0 Å². The highest BCUT2D eigenvalue weighted by Gasteiger charge is 2.05. The van der Waals surface area contributed by atoms with E-state index in [9.17, 15) is 5.11 Å². The van der Waals surface area contributed by atoms with E-state index >= 15 is 0 Å². The Labute approximate surface area is 138 Å². The average Bonchev–Trinajstić information content (AvgIpc) is 3.29. The van der Waals surface area contributed by atoms with Gasteiger partial charge >= 0.3 is 0 Å². The van der Waals surface area contributed by atoms with Crippen molar-refractivity contribution in [2.45, 2.75) is 0 Å². The van der Waals surface area contributed by atoms with Crippen LogP contribution in [0.4, 0.5) is 11.5 Å². The number of nitrogens with one attached hydrogen (secondary N) is 2. The second kappa shape index (κ2) is 5.92. The maximum Gasteiger partial charge on any atom is 0.152 e. The fourth-order valence-electron chi connectivity index (χ4n) is 2.45.